The molecule has 22 heavy (non-hydrogen) atoms. The van der Waals surface area contributed by atoms with Gasteiger partial charge in [-0.05, 0) is 47.9 Å². The van der Waals surface area contributed by atoms with Crippen LogP contribution in [-0.4, -0.2) is 12.5 Å². The molecule has 3 nitrogen and oxygen atoms in total. The Hall–Kier alpha value is -1.71. The number of halogens is 2. The van der Waals surface area contributed by atoms with E-state index in [0.29, 0.717) is 29.6 Å². The molecule has 0 aromatic heterocycles. The number of hydrogen-bond acceptors (Lipinski definition) is 2. The SMILES string of the molecule is O=C(NCc1ccc(Cl)cc1)[C@H]1COc2ccc(Cl)cc2C1. The minimum absolute atomic E-state index is 0.0134. The molecular weight excluding hydrogens is 321 g/mol. The van der Waals surface area contributed by atoms with Gasteiger partial charge in [0.2, 0.25) is 5.91 Å². The Morgan fingerprint density at radius 2 is 1.86 bits per heavy atom. The van der Waals surface area contributed by atoms with E-state index in [4.69, 9.17) is 27.9 Å². The van der Waals surface area contributed by atoms with Crippen LogP contribution in [-0.2, 0) is 17.8 Å². The molecule has 5 heteroatoms. The summed E-state index contributed by atoms with van der Waals surface area (Å²) in [5, 5.41) is 4.28. The molecule has 0 unspecified atom stereocenters. The third kappa shape index (κ3) is 3.54. The maximum Gasteiger partial charge on any atom is 0.227 e. The molecule has 3 rings (SSSR count). The van der Waals surface area contributed by atoms with E-state index in [-0.39, 0.29) is 11.8 Å². The molecule has 1 heterocycles. The number of nitrogens with one attached hydrogen (secondary N) is 1. The lowest BCUT2D eigenvalue weighted by Gasteiger charge is -2.24. The summed E-state index contributed by atoms with van der Waals surface area (Å²) in [6.07, 6.45) is 0.641. The Bertz CT molecular complexity index is 686. The molecule has 2 aromatic rings. The van der Waals surface area contributed by atoms with Crippen LogP contribution in [0.25, 0.3) is 0 Å². The Morgan fingerprint density at radius 1 is 1.14 bits per heavy atom. The first-order valence-corrected chi connectivity index (χ1v) is 7.81. The number of carbonyl (C=O) groups excluding carboxylic acids is 1. The summed E-state index contributed by atoms with van der Waals surface area (Å²) in [6.45, 7) is 0.871. The molecule has 0 aliphatic carbocycles. The van der Waals surface area contributed by atoms with Crippen LogP contribution in [0.3, 0.4) is 0 Å². The summed E-state index contributed by atoms with van der Waals surface area (Å²) in [7, 11) is 0. The second-order valence-corrected chi connectivity index (χ2v) is 6.18. The number of ether oxygens (including phenoxy) is 1. The summed E-state index contributed by atoms with van der Waals surface area (Å²) in [5.74, 6) is 0.602. The van der Waals surface area contributed by atoms with E-state index in [0.717, 1.165) is 16.9 Å². The monoisotopic (exact) mass is 335 g/mol. The molecule has 0 spiro atoms. The topological polar surface area (TPSA) is 38.3 Å². The lowest BCUT2D eigenvalue weighted by Crippen LogP contribution is -2.37. The molecule has 1 aliphatic rings. The van der Waals surface area contributed by atoms with Gasteiger partial charge in [-0.2, -0.15) is 0 Å². The van der Waals surface area contributed by atoms with E-state index in [1.807, 2.05) is 36.4 Å². The van der Waals surface area contributed by atoms with E-state index >= 15 is 0 Å². The second-order valence-electron chi connectivity index (χ2n) is 5.31. The lowest BCUT2D eigenvalue weighted by atomic mass is 9.96. The average Bonchev–Trinajstić information content (AvgIpc) is 2.53. The molecule has 1 N–H and O–H groups in total. The van der Waals surface area contributed by atoms with Gasteiger partial charge in [0.1, 0.15) is 12.4 Å². The number of benzene rings is 2. The van der Waals surface area contributed by atoms with E-state index in [1.165, 1.54) is 0 Å². The van der Waals surface area contributed by atoms with Gasteiger partial charge in [0.25, 0.3) is 0 Å². The highest BCUT2D eigenvalue weighted by Crippen LogP contribution is 2.29. The van der Waals surface area contributed by atoms with Gasteiger partial charge in [0.15, 0.2) is 0 Å². The third-order valence-corrected chi connectivity index (χ3v) is 4.17. The molecule has 2 aromatic carbocycles. The number of carbonyl (C=O) groups is 1. The standard InChI is InChI=1S/C17H15Cl2NO2/c18-14-3-1-11(2-4-14)9-20-17(21)13-7-12-8-15(19)5-6-16(12)22-10-13/h1-6,8,13H,7,9-10H2,(H,20,21)/t13-/m1/s1. The number of hydrogen-bond donors (Lipinski definition) is 1. The average molecular weight is 336 g/mol. The minimum Gasteiger partial charge on any atom is -0.492 e. The zero-order valence-corrected chi connectivity index (χ0v) is 13.3. The van der Waals surface area contributed by atoms with Crippen LogP contribution in [0, 0.1) is 5.92 Å². The highest BCUT2D eigenvalue weighted by atomic mass is 35.5. The molecule has 1 aliphatic heterocycles. The summed E-state index contributed by atoms with van der Waals surface area (Å²) in [5.41, 5.74) is 1.99. The fourth-order valence-corrected chi connectivity index (χ4v) is 2.79. The molecule has 1 amide bonds. The van der Waals surface area contributed by atoms with Crippen LogP contribution in [0.5, 0.6) is 5.75 Å². The van der Waals surface area contributed by atoms with E-state index in [2.05, 4.69) is 5.32 Å². The normalized spacial score (nSPS) is 16.5. The van der Waals surface area contributed by atoms with Crippen molar-refractivity contribution in [1.82, 2.24) is 5.32 Å². The van der Waals surface area contributed by atoms with E-state index < -0.39 is 0 Å². The van der Waals surface area contributed by atoms with Crippen LogP contribution in [0.1, 0.15) is 11.1 Å². The summed E-state index contributed by atoms with van der Waals surface area (Å²) < 4.78 is 5.64. The maximum absolute atomic E-state index is 12.3. The second kappa shape index (κ2) is 6.59. The van der Waals surface area contributed by atoms with Crippen molar-refractivity contribution in [2.45, 2.75) is 13.0 Å². The first-order valence-electron chi connectivity index (χ1n) is 7.05. The van der Waals surface area contributed by atoms with E-state index in [1.54, 1.807) is 6.07 Å². The number of fused-ring (bicyclic) bond motifs is 1. The Morgan fingerprint density at radius 3 is 2.64 bits per heavy atom. The number of rotatable bonds is 3. The van der Waals surface area contributed by atoms with Gasteiger partial charge in [-0.15, -0.1) is 0 Å². The summed E-state index contributed by atoms with van der Waals surface area (Å²) >= 11 is 11.8. The van der Waals surface area contributed by atoms with Gasteiger partial charge in [-0.1, -0.05) is 35.3 Å². The highest BCUT2D eigenvalue weighted by molar-refractivity contribution is 6.30. The van der Waals surface area contributed by atoms with Gasteiger partial charge < -0.3 is 10.1 Å². The van der Waals surface area contributed by atoms with Crippen LogP contribution in [0.2, 0.25) is 10.0 Å². The zero-order chi connectivity index (χ0) is 15.5. The number of amides is 1. The minimum atomic E-state index is -0.196. The molecule has 0 radical (unpaired) electrons. The molecule has 0 bridgehead atoms. The first-order chi connectivity index (χ1) is 10.6. The summed E-state index contributed by atoms with van der Waals surface area (Å²) in [6, 6.07) is 12.9. The van der Waals surface area contributed by atoms with Crippen molar-refractivity contribution in [3.05, 3.63) is 63.6 Å². The predicted octanol–water partition coefficient (Wildman–Crippen LogP) is 3.86. The third-order valence-electron chi connectivity index (χ3n) is 3.68. The van der Waals surface area contributed by atoms with Crippen LogP contribution in [0.15, 0.2) is 42.5 Å². The van der Waals surface area contributed by atoms with Gasteiger partial charge in [-0.25, -0.2) is 0 Å². The Labute approximate surface area is 139 Å². The predicted molar refractivity (Wildman–Crippen MR) is 87.4 cm³/mol. The van der Waals surface area contributed by atoms with Gasteiger partial charge >= 0.3 is 0 Å². The van der Waals surface area contributed by atoms with Crippen molar-refractivity contribution >= 4 is 29.1 Å². The van der Waals surface area contributed by atoms with Crippen molar-refractivity contribution < 1.29 is 9.53 Å². The molecule has 0 saturated carbocycles. The molecule has 114 valence electrons. The van der Waals surface area contributed by atoms with Crippen molar-refractivity contribution in [3.63, 3.8) is 0 Å². The van der Waals surface area contributed by atoms with Crippen LogP contribution in [0.4, 0.5) is 0 Å². The van der Waals surface area contributed by atoms with Crippen molar-refractivity contribution in [2.75, 3.05) is 6.61 Å². The Kier molecular flexibility index (Phi) is 4.55. The van der Waals surface area contributed by atoms with Gasteiger partial charge in [-0.3, -0.25) is 4.79 Å². The fraction of sp³-hybridized carbons (Fsp3) is 0.235. The van der Waals surface area contributed by atoms with Crippen LogP contribution < -0.4 is 10.1 Å². The Balaban J connectivity index is 1.60. The smallest absolute Gasteiger partial charge is 0.227 e. The first kappa shape index (κ1) is 15.2. The van der Waals surface area contributed by atoms with Gasteiger partial charge in [0, 0.05) is 16.6 Å². The van der Waals surface area contributed by atoms with Crippen molar-refractivity contribution in [3.8, 4) is 5.75 Å². The van der Waals surface area contributed by atoms with E-state index in [9.17, 15) is 4.79 Å². The lowest BCUT2D eigenvalue weighted by molar-refractivity contribution is -0.126. The molecule has 1 atom stereocenters. The summed E-state index contributed by atoms with van der Waals surface area (Å²) in [4.78, 5) is 12.3. The maximum atomic E-state index is 12.3. The highest BCUT2D eigenvalue weighted by Gasteiger charge is 2.25. The molecule has 0 saturated heterocycles. The fourth-order valence-electron chi connectivity index (χ4n) is 2.47. The molecule has 0 fully saturated rings. The van der Waals surface area contributed by atoms with Crippen LogP contribution >= 0.6 is 23.2 Å². The quantitative estimate of drug-likeness (QED) is 0.924. The van der Waals surface area contributed by atoms with Crippen molar-refractivity contribution in [1.29, 1.82) is 0 Å². The molecular formula is C17H15Cl2NO2. The largest absolute Gasteiger partial charge is 0.492 e. The van der Waals surface area contributed by atoms with Crippen molar-refractivity contribution in [2.24, 2.45) is 5.92 Å². The van der Waals surface area contributed by atoms with Gasteiger partial charge in [0.05, 0.1) is 5.92 Å². The zero-order valence-electron chi connectivity index (χ0n) is 11.8.